The molecule has 0 aromatic carbocycles. The van der Waals surface area contributed by atoms with Crippen LogP contribution in [-0.2, 0) is 11.8 Å². The zero-order valence-electron chi connectivity index (χ0n) is 10.6. The Labute approximate surface area is 106 Å². The average Bonchev–Trinajstić information content (AvgIpc) is 2.82. The van der Waals surface area contributed by atoms with E-state index in [1.807, 2.05) is 0 Å². The van der Waals surface area contributed by atoms with Crippen molar-refractivity contribution in [2.75, 3.05) is 39.4 Å². The van der Waals surface area contributed by atoms with E-state index in [0.29, 0.717) is 12.2 Å². The number of hydrogen-bond donors (Lipinski definition) is 1. The van der Waals surface area contributed by atoms with E-state index in [2.05, 4.69) is 20.5 Å². The molecule has 100 valence electrons. The van der Waals surface area contributed by atoms with Crippen molar-refractivity contribution in [1.82, 2.24) is 25.2 Å². The summed E-state index contributed by atoms with van der Waals surface area (Å²) >= 11 is 0. The van der Waals surface area contributed by atoms with Gasteiger partial charge in [-0.3, -0.25) is 14.4 Å². The molecule has 1 saturated heterocycles. The van der Waals surface area contributed by atoms with Crippen LogP contribution < -0.4 is 5.32 Å². The van der Waals surface area contributed by atoms with Gasteiger partial charge in [0.05, 0.1) is 19.4 Å². The molecule has 0 unspecified atom stereocenters. The molecule has 0 bridgehead atoms. The molecule has 1 aromatic rings. The number of rotatable bonds is 5. The summed E-state index contributed by atoms with van der Waals surface area (Å²) in [6, 6.07) is 0. The molecule has 0 spiro atoms. The van der Waals surface area contributed by atoms with Crippen molar-refractivity contribution in [2.24, 2.45) is 7.05 Å². The normalized spacial score (nSPS) is 16.7. The third kappa shape index (κ3) is 3.78. The van der Waals surface area contributed by atoms with Crippen LogP contribution in [0.25, 0.3) is 0 Å². The molecule has 18 heavy (non-hydrogen) atoms. The maximum absolute atomic E-state index is 11.6. The Morgan fingerprint density at radius 3 is 2.94 bits per heavy atom. The lowest BCUT2D eigenvalue weighted by molar-refractivity contribution is 0.0374. The van der Waals surface area contributed by atoms with Crippen molar-refractivity contribution in [3.63, 3.8) is 0 Å². The Balaban J connectivity index is 1.61. The highest BCUT2D eigenvalue weighted by atomic mass is 16.5. The minimum absolute atomic E-state index is 0.162. The minimum atomic E-state index is -0.162. The SMILES string of the molecule is Cn1cc(C(=O)NCCCN2CCOCC2)nn1. The van der Waals surface area contributed by atoms with Crippen molar-refractivity contribution >= 4 is 5.91 Å². The molecule has 0 aliphatic carbocycles. The highest BCUT2D eigenvalue weighted by Gasteiger charge is 2.11. The standard InChI is InChI=1S/C11H19N5O2/c1-15-9-10(13-14-15)11(17)12-3-2-4-16-5-7-18-8-6-16/h9H,2-8H2,1H3,(H,12,17). The molecule has 2 rings (SSSR count). The van der Waals surface area contributed by atoms with Crippen molar-refractivity contribution in [1.29, 1.82) is 0 Å². The number of ether oxygens (including phenoxy) is 1. The van der Waals surface area contributed by atoms with Crippen LogP contribution in [0.1, 0.15) is 16.9 Å². The summed E-state index contributed by atoms with van der Waals surface area (Å²) in [5.41, 5.74) is 0.365. The van der Waals surface area contributed by atoms with Gasteiger partial charge in [-0.25, -0.2) is 0 Å². The second-order valence-corrected chi connectivity index (χ2v) is 4.34. The monoisotopic (exact) mass is 253 g/mol. The van der Waals surface area contributed by atoms with Crippen LogP contribution in [0.2, 0.25) is 0 Å². The van der Waals surface area contributed by atoms with Gasteiger partial charge in [-0.2, -0.15) is 0 Å². The quantitative estimate of drug-likeness (QED) is 0.700. The van der Waals surface area contributed by atoms with Crippen LogP contribution >= 0.6 is 0 Å². The van der Waals surface area contributed by atoms with E-state index in [1.54, 1.807) is 13.2 Å². The number of carbonyl (C=O) groups excluding carboxylic acids is 1. The van der Waals surface area contributed by atoms with Gasteiger partial charge in [-0.15, -0.1) is 5.10 Å². The Kier molecular flexibility index (Phi) is 4.66. The zero-order chi connectivity index (χ0) is 12.8. The fourth-order valence-electron chi connectivity index (χ4n) is 1.87. The van der Waals surface area contributed by atoms with E-state index < -0.39 is 0 Å². The molecule has 1 aromatic heterocycles. The summed E-state index contributed by atoms with van der Waals surface area (Å²) in [6.07, 6.45) is 2.54. The first-order valence-electron chi connectivity index (χ1n) is 6.20. The van der Waals surface area contributed by atoms with Crippen LogP contribution in [0.3, 0.4) is 0 Å². The molecule has 1 amide bonds. The lowest BCUT2D eigenvalue weighted by atomic mass is 10.3. The van der Waals surface area contributed by atoms with Crippen molar-refractivity contribution in [3.8, 4) is 0 Å². The maximum atomic E-state index is 11.6. The zero-order valence-corrected chi connectivity index (χ0v) is 10.6. The molecule has 1 aliphatic rings. The van der Waals surface area contributed by atoms with Crippen molar-refractivity contribution in [3.05, 3.63) is 11.9 Å². The first-order chi connectivity index (χ1) is 8.75. The number of nitrogens with zero attached hydrogens (tertiary/aromatic N) is 4. The Hall–Kier alpha value is -1.47. The molecule has 0 radical (unpaired) electrons. The third-order valence-corrected chi connectivity index (χ3v) is 2.88. The Bertz CT molecular complexity index is 387. The van der Waals surface area contributed by atoms with E-state index in [4.69, 9.17) is 4.74 Å². The Morgan fingerprint density at radius 1 is 1.50 bits per heavy atom. The minimum Gasteiger partial charge on any atom is -0.379 e. The fraction of sp³-hybridized carbons (Fsp3) is 0.727. The number of amides is 1. The summed E-state index contributed by atoms with van der Waals surface area (Å²) in [5, 5.41) is 10.3. The average molecular weight is 253 g/mol. The summed E-state index contributed by atoms with van der Waals surface area (Å²) in [6.45, 7) is 5.24. The van der Waals surface area contributed by atoms with Crippen LogP contribution in [0.5, 0.6) is 0 Å². The first-order valence-corrected chi connectivity index (χ1v) is 6.20. The van der Waals surface area contributed by atoms with E-state index in [9.17, 15) is 4.79 Å². The first kappa shape index (κ1) is 13.0. The van der Waals surface area contributed by atoms with Gasteiger partial charge in [0.25, 0.3) is 5.91 Å². The molecule has 0 saturated carbocycles. The van der Waals surface area contributed by atoms with Gasteiger partial charge in [-0.1, -0.05) is 5.21 Å². The summed E-state index contributed by atoms with van der Waals surface area (Å²) < 4.78 is 6.79. The van der Waals surface area contributed by atoms with Crippen LogP contribution in [0.4, 0.5) is 0 Å². The van der Waals surface area contributed by atoms with Crippen LogP contribution in [0, 0.1) is 0 Å². The maximum Gasteiger partial charge on any atom is 0.273 e. The van der Waals surface area contributed by atoms with Gasteiger partial charge in [0, 0.05) is 26.7 Å². The lowest BCUT2D eigenvalue weighted by Gasteiger charge is -2.26. The van der Waals surface area contributed by atoms with Crippen molar-refractivity contribution in [2.45, 2.75) is 6.42 Å². The van der Waals surface area contributed by atoms with E-state index in [0.717, 1.165) is 39.3 Å². The van der Waals surface area contributed by atoms with Gasteiger partial charge >= 0.3 is 0 Å². The predicted molar refractivity (Wildman–Crippen MR) is 65.2 cm³/mol. The predicted octanol–water partition coefficient (Wildman–Crippen LogP) is -0.733. The highest BCUT2D eigenvalue weighted by Crippen LogP contribution is 1.97. The van der Waals surface area contributed by atoms with E-state index in [1.165, 1.54) is 4.68 Å². The molecule has 1 N–H and O–H groups in total. The van der Waals surface area contributed by atoms with Gasteiger partial charge in [-0.05, 0) is 13.0 Å². The topological polar surface area (TPSA) is 72.3 Å². The molecule has 7 heteroatoms. The largest absolute Gasteiger partial charge is 0.379 e. The van der Waals surface area contributed by atoms with E-state index >= 15 is 0 Å². The van der Waals surface area contributed by atoms with E-state index in [-0.39, 0.29) is 5.91 Å². The van der Waals surface area contributed by atoms with Gasteiger partial charge in [0.1, 0.15) is 0 Å². The van der Waals surface area contributed by atoms with Gasteiger partial charge in [0.15, 0.2) is 5.69 Å². The summed E-state index contributed by atoms with van der Waals surface area (Å²) in [7, 11) is 1.74. The lowest BCUT2D eigenvalue weighted by Crippen LogP contribution is -2.38. The third-order valence-electron chi connectivity index (χ3n) is 2.88. The molecule has 1 fully saturated rings. The number of carbonyl (C=O) groups is 1. The number of aryl methyl sites for hydroxylation is 1. The molecular formula is C11H19N5O2. The number of nitrogens with one attached hydrogen (secondary N) is 1. The summed E-state index contributed by atoms with van der Waals surface area (Å²) in [4.78, 5) is 14.0. The van der Waals surface area contributed by atoms with Gasteiger partial charge in [0.2, 0.25) is 0 Å². The van der Waals surface area contributed by atoms with Crippen molar-refractivity contribution < 1.29 is 9.53 Å². The molecule has 0 atom stereocenters. The van der Waals surface area contributed by atoms with Crippen LogP contribution in [-0.4, -0.2) is 65.2 Å². The second-order valence-electron chi connectivity index (χ2n) is 4.34. The Morgan fingerprint density at radius 2 is 2.28 bits per heavy atom. The molecule has 2 heterocycles. The molecular weight excluding hydrogens is 234 g/mol. The van der Waals surface area contributed by atoms with Crippen LogP contribution in [0.15, 0.2) is 6.20 Å². The number of morpholine rings is 1. The summed E-state index contributed by atoms with van der Waals surface area (Å²) in [5.74, 6) is -0.162. The molecule has 7 nitrogen and oxygen atoms in total. The number of aromatic nitrogens is 3. The smallest absolute Gasteiger partial charge is 0.273 e. The number of hydrogen-bond acceptors (Lipinski definition) is 5. The van der Waals surface area contributed by atoms with Gasteiger partial charge < -0.3 is 10.1 Å². The molecule has 1 aliphatic heterocycles. The highest BCUT2D eigenvalue weighted by molar-refractivity contribution is 5.91. The second kappa shape index (κ2) is 6.46. The fourth-order valence-corrected chi connectivity index (χ4v) is 1.87.